The quantitative estimate of drug-likeness (QED) is 0.853. The minimum absolute atomic E-state index is 0.497. The molecule has 0 radical (unpaired) electrons. The lowest BCUT2D eigenvalue weighted by Crippen LogP contribution is -1.99. The zero-order valence-electron chi connectivity index (χ0n) is 11.6. The van der Waals surface area contributed by atoms with E-state index in [9.17, 15) is 0 Å². The van der Waals surface area contributed by atoms with Crippen LogP contribution < -0.4 is 15.2 Å². The Labute approximate surface area is 114 Å². The fraction of sp³-hybridized carbons (Fsp3) is 0.250. The van der Waals surface area contributed by atoms with E-state index in [0.717, 1.165) is 11.3 Å². The van der Waals surface area contributed by atoms with Gasteiger partial charge < -0.3 is 15.2 Å². The SMILES string of the molecule is COc1ccc(COc2ccc(C)c(C)c2)cc1N. The number of nitrogen functional groups attached to an aromatic ring is 1. The number of hydrogen-bond donors (Lipinski definition) is 1. The molecular formula is C16H19NO2. The number of anilines is 1. The van der Waals surface area contributed by atoms with Crippen LogP contribution in [0, 0.1) is 13.8 Å². The summed E-state index contributed by atoms with van der Waals surface area (Å²) in [5.41, 5.74) is 10.0. The van der Waals surface area contributed by atoms with Crippen LogP contribution >= 0.6 is 0 Å². The van der Waals surface area contributed by atoms with Crippen molar-refractivity contribution in [2.45, 2.75) is 20.5 Å². The fourth-order valence-electron chi connectivity index (χ4n) is 1.84. The van der Waals surface area contributed by atoms with E-state index < -0.39 is 0 Å². The van der Waals surface area contributed by atoms with Crippen molar-refractivity contribution in [3.8, 4) is 11.5 Å². The van der Waals surface area contributed by atoms with Crippen molar-refractivity contribution in [2.75, 3.05) is 12.8 Å². The lowest BCUT2D eigenvalue weighted by Gasteiger charge is -2.10. The summed E-state index contributed by atoms with van der Waals surface area (Å²) in [5, 5.41) is 0. The number of aryl methyl sites for hydroxylation is 2. The number of nitrogens with two attached hydrogens (primary N) is 1. The van der Waals surface area contributed by atoms with Gasteiger partial charge in [-0.1, -0.05) is 12.1 Å². The first-order valence-corrected chi connectivity index (χ1v) is 6.22. The summed E-state index contributed by atoms with van der Waals surface area (Å²) < 4.78 is 10.9. The van der Waals surface area contributed by atoms with Gasteiger partial charge in [-0.3, -0.25) is 0 Å². The first-order chi connectivity index (χ1) is 9.10. The highest BCUT2D eigenvalue weighted by Crippen LogP contribution is 2.23. The van der Waals surface area contributed by atoms with E-state index in [2.05, 4.69) is 19.9 Å². The van der Waals surface area contributed by atoms with Crippen LogP contribution in [0.25, 0.3) is 0 Å². The first-order valence-electron chi connectivity index (χ1n) is 6.22. The molecule has 0 saturated carbocycles. The maximum absolute atomic E-state index is 5.86. The standard InChI is InChI=1S/C16H19NO2/c1-11-4-6-14(8-12(11)2)19-10-13-5-7-16(18-3)15(17)9-13/h4-9H,10,17H2,1-3H3. The highest BCUT2D eigenvalue weighted by molar-refractivity contribution is 5.54. The highest BCUT2D eigenvalue weighted by atomic mass is 16.5. The van der Waals surface area contributed by atoms with Crippen LogP contribution in [0.2, 0.25) is 0 Å². The monoisotopic (exact) mass is 257 g/mol. The molecule has 0 heterocycles. The fourth-order valence-corrected chi connectivity index (χ4v) is 1.84. The molecule has 0 aliphatic rings. The zero-order chi connectivity index (χ0) is 13.8. The predicted octanol–water partition coefficient (Wildman–Crippen LogP) is 3.47. The number of hydrogen-bond acceptors (Lipinski definition) is 3. The molecule has 0 atom stereocenters. The molecular weight excluding hydrogens is 238 g/mol. The average molecular weight is 257 g/mol. The summed E-state index contributed by atoms with van der Waals surface area (Å²) in [4.78, 5) is 0. The maximum atomic E-state index is 5.86. The largest absolute Gasteiger partial charge is 0.495 e. The molecule has 0 spiro atoms. The normalized spacial score (nSPS) is 10.3. The van der Waals surface area contributed by atoms with Crippen LogP contribution in [-0.4, -0.2) is 7.11 Å². The van der Waals surface area contributed by atoms with Crippen molar-refractivity contribution >= 4 is 5.69 Å². The van der Waals surface area contributed by atoms with Crippen molar-refractivity contribution in [1.29, 1.82) is 0 Å². The smallest absolute Gasteiger partial charge is 0.141 e. The van der Waals surface area contributed by atoms with E-state index in [1.165, 1.54) is 11.1 Å². The van der Waals surface area contributed by atoms with Gasteiger partial charge in [0, 0.05) is 0 Å². The highest BCUT2D eigenvalue weighted by Gasteiger charge is 2.02. The van der Waals surface area contributed by atoms with E-state index in [4.69, 9.17) is 15.2 Å². The van der Waals surface area contributed by atoms with Gasteiger partial charge in [-0.05, 0) is 54.8 Å². The maximum Gasteiger partial charge on any atom is 0.141 e. The van der Waals surface area contributed by atoms with Gasteiger partial charge in [0.05, 0.1) is 12.8 Å². The van der Waals surface area contributed by atoms with Gasteiger partial charge in [0.2, 0.25) is 0 Å². The number of methoxy groups -OCH3 is 1. The van der Waals surface area contributed by atoms with Crippen LogP contribution in [0.15, 0.2) is 36.4 Å². The Balaban J connectivity index is 2.05. The van der Waals surface area contributed by atoms with Crippen molar-refractivity contribution < 1.29 is 9.47 Å². The number of ether oxygens (including phenoxy) is 2. The first kappa shape index (κ1) is 13.3. The molecule has 2 rings (SSSR count). The van der Waals surface area contributed by atoms with E-state index in [1.807, 2.05) is 30.3 Å². The predicted molar refractivity (Wildman–Crippen MR) is 77.7 cm³/mol. The van der Waals surface area contributed by atoms with E-state index in [0.29, 0.717) is 18.0 Å². The van der Waals surface area contributed by atoms with Crippen LogP contribution in [0.3, 0.4) is 0 Å². The molecule has 100 valence electrons. The van der Waals surface area contributed by atoms with Gasteiger partial charge in [-0.15, -0.1) is 0 Å². The molecule has 0 aromatic heterocycles. The molecule has 2 aromatic rings. The molecule has 0 saturated heterocycles. The van der Waals surface area contributed by atoms with Gasteiger partial charge in [0.15, 0.2) is 0 Å². The molecule has 19 heavy (non-hydrogen) atoms. The van der Waals surface area contributed by atoms with Crippen molar-refractivity contribution in [1.82, 2.24) is 0 Å². The van der Waals surface area contributed by atoms with E-state index in [-0.39, 0.29) is 0 Å². The lowest BCUT2D eigenvalue weighted by atomic mass is 10.1. The Morgan fingerprint density at radius 2 is 1.79 bits per heavy atom. The van der Waals surface area contributed by atoms with E-state index >= 15 is 0 Å². The van der Waals surface area contributed by atoms with Crippen LogP contribution in [-0.2, 0) is 6.61 Å². The Bertz CT molecular complexity index is 579. The molecule has 0 fully saturated rings. The van der Waals surface area contributed by atoms with Crippen LogP contribution in [0.4, 0.5) is 5.69 Å². The van der Waals surface area contributed by atoms with Crippen molar-refractivity contribution in [3.63, 3.8) is 0 Å². The second-order valence-corrected chi connectivity index (χ2v) is 4.61. The van der Waals surface area contributed by atoms with Gasteiger partial charge in [0.1, 0.15) is 18.1 Å². The Morgan fingerprint density at radius 3 is 2.42 bits per heavy atom. The average Bonchev–Trinajstić information content (AvgIpc) is 2.40. The number of benzene rings is 2. The summed E-state index contributed by atoms with van der Waals surface area (Å²) in [6, 6.07) is 11.8. The molecule has 2 N–H and O–H groups in total. The molecule has 0 unspecified atom stereocenters. The minimum atomic E-state index is 0.497. The van der Waals surface area contributed by atoms with Gasteiger partial charge in [0.25, 0.3) is 0 Å². The molecule has 0 bridgehead atoms. The summed E-state index contributed by atoms with van der Waals surface area (Å²) in [7, 11) is 1.61. The Hall–Kier alpha value is -2.16. The summed E-state index contributed by atoms with van der Waals surface area (Å²) in [5.74, 6) is 1.56. The van der Waals surface area contributed by atoms with Crippen LogP contribution in [0.5, 0.6) is 11.5 Å². The third-order valence-corrected chi connectivity index (χ3v) is 3.18. The molecule has 3 nitrogen and oxygen atoms in total. The summed E-state index contributed by atoms with van der Waals surface area (Å²) in [6.45, 7) is 4.66. The molecule has 3 heteroatoms. The van der Waals surface area contributed by atoms with Crippen molar-refractivity contribution in [2.24, 2.45) is 0 Å². The third kappa shape index (κ3) is 3.19. The molecule has 0 aliphatic carbocycles. The zero-order valence-corrected chi connectivity index (χ0v) is 11.6. The second-order valence-electron chi connectivity index (χ2n) is 4.61. The topological polar surface area (TPSA) is 44.5 Å². The van der Waals surface area contributed by atoms with Gasteiger partial charge in [-0.2, -0.15) is 0 Å². The third-order valence-electron chi connectivity index (χ3n) is 3.18. The summed E-state index contributed by atoms with van der Waals surface area (Å²) in [6.07, 6.45) is 0. The molecule has 0 amide bonds. The van der Waals surface area contributed by atoms with Gasteiger partial charge in [-0.25, -0.2) is 0 Å². The van der Waals surface area contributed by atoms with Crippen molar-refractivity contribution in [3.05, 3.63) is 53.1 Å². The second kappa shape index (κ2) is 5.65. The Morgan fingerprint density at radius 1 is 1.00 bits per heavy atom. The van der Waals surface area contributed by atoms with Crippen LogP contribution in [0.1, 0.15) is 16.7 Å². The van der Waals surface area contributed by atoms with Gasteiger partial charge >= 0.3 is 0 Å². The van der Waals surface area contributed by atoms with E-state index in [1.54, 1.807) is 7.11 Å². The summed E-state index contributed by atoms with van der Waals surface area (Å²) >= 11 is 0. The molecule has 0 aliphatic heterocycles. The number of rotatable bonds is 4. The Kier molecular flexibility index (Phi) is 3.95. The molecule has 2 aromatic carbocycles. The minimum Gasteiger partial charge on any atom is -0.495 e. The lowest BCUT2D eigenvalue weighted by molar-refractivity contribution is 0.306.